The number of benzene rings is 3. The molecule has 1 aliphatic rings. The lowest BCUT2D eigenvalue weighted by Crippen LogP contribution is -2.50. The number of likely N-dealkylation sites (N-methyl/N-ethyl adjacent to an activating group) is 1. The van der Waals surface area contributed by atoms with Crippen LogP contribution >= 0.6 is 0 Å². The van der Waals surface area contributed by atoms with Gasteiger partial charge in [-0.25, -0.2) is 16.8 Å². The lowest BCUT2D eigenvalue weighted by atomic mass is 9.99. The number of hydrogen-bond acceptors (Lipinski definition) is 7. The minimum Gasteiger partial charge on any atom is -0.486 e. The topological polar surface area (TPSA) is 133 Å². The van der Waals surface area contributed by atoms with Crippen LogP contribution in [0.5, 0.6) is 5.75 Å². The van der Waals surface area contributed by atoms with E-state index in [4.69, 9.17) is 4.74 Å². The maximum Gasteiger partial charge on any atom is 0.262 e. The van der Waals surface area contributed by atoms with E-state index in [1.54, 1.807) is 43.3 Å². The molecule has 1 amide bonds. The molecule has 0 saturated heterocycles. The van der Waals surface area contributed by atoms with Crippen LogP contribution in [-0.2, 0) is 20.0 Å². The molecule has 10 nitrogen and oxygen atoms in total. The molecule has 0 unspecified atom stereocenters. The zero-order valence-electron chi connectivity index (χ0n) is 22.5. The Bertz CT molecular complexity index is 1550. The predicted octanol–water partition coefficient (Wildman–Crippen LogP) is 3.03. The summed E-state index contributed by atoms with van der Waals surface area (Å²) in [5, 5.41) is 9.87. The normalized spacial score (nSPS) is 18.8. The third-order valence-electron chi connectivity index (χ3n) is 6.88. The summed E-state index contributed by atoms with van der Waals surface area (Å²) in [6.07, 6.45) is -0.772. The first-order valence-corrected chi connectivity index (χ1v) is 15.7. The number of carbonyl (C=O) groups is 1. The molecule has 4 rings (SSSR count). The molecule has 3 atom stereocenters. The van der Waals surface area contributed by atoms with Crippen LogP contribution in [0.3, 0.4) is 0 Å². The number of nitrogens with zero attached hydrogens (tertiary/aromatic N) is 2. The average Bonchev–Trinajstić information content (AvgIpc) is 2.95. The van der Waals surface area contributed by atoms with E-state index in [9.17, 15) is 26.7 Å². The Balaban J connectivity index is 1.76. The van der Waals surface area contributed by atoms with Crippen LogP contribution in [0.15, 0.2) is 88.7 Å². The Labute approximate surface area is 235 Å². The highest BCUT2D eigenvalue weighted by molar-refractivity contribution is 7.92. The molecule has 0 saturated carbocycles. The first-order valence-electron chi connectivity index (χ1n) is 12.8. The van der Waals surface area contributed by atoms with Crippen molar-refractivity contribution in [2.24, 2.45) is 5.92 Å². The second-order valence-corrected chi connectivity index (χ2v) is 13.5. The summed E-state index contributed by atoms with van der Waals surface area (Å²) >= 11 is 0. The van der Waals surface area contributed by atoms with E-state index in [0.29, 0.717) is 0 Å². The van der Waals surface area contributed by atoms with Crippen LogP contribution < -0.4 is 9.46 Å². The molecule has 1 aliphatic heterocycles. The molecular weight excluding hydrogens is 554 g/mol. The van der Waals surface area contributed by atoms with Gasteiger partial charge in [-0.1, -0.05) is 49.4 Å². The Morgan fingerprint density at radius 1 is 0.975 bits per heavy atom. The molecule has 0 aliphatic carbocycles. The second-order valence-electron chi connectivity index (χ2n) is 9.82. The number of sulfonamides is 2. The highest BCUT2D eigenvalue weighted by Crippen LogP contribution is 2.36. The number of carbonyl (C=O) groups excluding carboxylic acids is 1. The highest BCUT2D eigenvalue weighted by Gasteiger charge is 2.36. The summed E-state index contributed by atoms with van der Waals surface area (Å²) in [7, 11) is -6.45. The molecule has 0 bridgehead atoms. The average molecular weight is 588 g/mol. The van der Waals surface area contributed by atoms with Crippen molar-refractivity contribution in [2.75, 3.05) is 31.5 Å². The zero-order chi connectivity index (χ0) is 29.1. The Kier molecular flexibility index (Phi) is 8.83. The lowest BCUT2D eigenvalue weighted by molar-refractivity contribution is 0.0389. The number of anilines is 1. The fraction of sp³-hybridized carbons (Fsp3) is 0.321. The number of hydrogen-bond donors (Lipinski definition) is 2. The van der Waals surface area contributed by atoms with Crippen LogP contribution in [0.4, 0.5) is 5.69 Å². The van der Waals surface area contributed by atoms with Gasteiger partial charge < -0.3 is 14.7 Å². The van der Waals surface area contributed by atoms with Gasteiger partial charge in [0.15, 0.2) is 5.75 Å². The molecule has 2 N–H and O–H groups in total. The minimum absolute atomic E-state index is 0.01000. The minimum atomic E-state index is -4.03. The summed E-state index contributed by atoms with van der Waals surface area (Å²) < 4.78 is 63.0. The summed E-state index contributed by atoms with van der Waals surface area (Å²) in [6.45, 7) is 3.34. The highest BCUT2D eigenvalue weighted by atomic mass is 32.2. The Hall–Kier alpha value is -3.45. The first-order chi connectivity index (χ1) is 19.0. The van der Waals surface area contributed by atoms with E-state index < -0.39 is 44.0 Å². The van der Waals surface area contributed by atoms with Gasteiger partial charge in [0, 0.05) is 19.5 Å². The van der Waals surface area contributed by atoms with Crippen LogP contribution in [0.1, 0.15) is 24.2 Å². The number of ether oxygens (including phenoxy) is 1. The van der Waals surface area contributed by atoms with Crippen molar-refractivity contribution in [1.82, 2.24) is 9.21 Å². The Morgan fingerprint density at radius 2 is 1.57 bits per heavy atom. The smallest absolute Gasteiger partial charge is 0.262 e. The lowest BCUT2D eigenvalue weighted by Gasteiger charge is -2.38. The molecular formula is C28H33N3O7S2. The molecule has 0 radical (unpaired) electrons. The molecule has 40 heavy (non-hydrogen) atoms. The van der Waals surface area contributed by atoms with Crippen molar-refractivity contribution in [3.8, 4) is 5.75 Å². The zero-order valence-corrected chi connectivity index (χ0v) is 24.1. The van der Waals surface area contributed by atoms with Crippen LogP contribution in [0.25, 0.3) is 0 Å². The van der Waals surface area contributed by atoms with E-state index in [1.165, 1.54) is 58.7 Å². The second kappa shape index (κ2) is 12.0. The van der Waals surface area contributed by atoms with Gasteiger partial charge in [0.1, 0.15) is 6.10 Å². The van der Waals surface area contributed by atoms with Gasteiger partial charge in [0.25, 0.3) is 15.9 Å². The molecule has 0 fully saturated rings. The predicted molar refractivity (Wildman–Crippen MR) is 151 cm³/mol. The summed E-state index contributed by atoms with van der Waals surface area (Å²) in [6, 6.07) is 19.8. The van der Waals surface area contributed by atoms with Crippen molar-refractivity contribution in [3.05, 3.63) is 84.4 Å². The van der Waals surface area contributed by atoms with E-state index >= 15 is 0 Å². The van der Waals surface area contributed by atoms with Crippen molar-refractivity contribution >= 4 is 31.6 Å². The molecule has 0 aromatic heterocycles. The molecule has 12 heteroatoms. The summed E-state index contributed by atoms with van der Waals surface area (Å²) in [5.74, 6) is -0.838. The van der Waals surface area contributed by atoms with Crippen molar-refractivity contribution in [1.29, 1.82) is 0 Å². The van der Waals surface area contributed by atoms with Crippen LogP contribution in [0, 0.1) is 5.92 Å². The summed E-state index contributed by atoms with van der Waals surface area (Å²) in [5.41, 5.74) is 0.137. The third-order valence-corrected chi connectivity index (χ3v) is 10.1. The van der Waals surface area contributed by atoms with Crippen molar-refractivity contribution in [3.63, 3.8) is 0 Å². The number of aliphatic hydroxyl groups excluding tert-OH is 1. The fourth-order valence-electron chi connectivity index (χ4n) is 4.47. The standard InChI is InChI=1S/C28H33N3O7S2/c1-20-17-31(21(2)19-32)28(33)24-15-10-16-25(29-39(34,35)22-11-6-4-7-12-22)27(24)38-26(20)18-30(3)40(36,37)23-13-8-5-9-14-23/h4-16,20-21,26,29,32H,17-19H2,1-3H3/t20-,21+,26+/m1/s1. The molecule has 3 aromatic rings. The van der Waals surface area contributed by atoms with Gasteiger partial charge in [0.05, 0.1) is 40.2 Å². The molecule has 3 aromatic carbocycles. The fourth-order valence-corrected chi connectivity index (χ4v) is 6.76. The molecule has 1 heterocycles. The van der Waals surface area contributed by atoms with Gasteiger partial charge in [-0.15, -0.1) is 0 Å². The number of amides is 1. The third kappa shape index (κ3) is 6.15. The number of para-hydroxylation sites is 1. The van der Waals surface area contributed by atoms with Crippen LogP contribution in [0.2, 0.25) is 0 Å². The maximum atomic E-state index is 13.6. The number of nitrogens with one attached hydrogen (secondary N) is 1. The van der Waals surface area contributed by atoms with Gasteiger partial charge in [-0.3, -0.25) is 9.52 Å². The van der Waals surface area contributed by atoms with E-state index in [1.807, 2.05) is 6.92 Å². The number of fused-ring (bicyclic) bond motifs is 1. The number of rotatable bonds is 9. The number of aliphatic hydroxyl groups is 1. The molecule has 0 spiro atoms. The van der Waals surface area contributed by atoms with Crippen molar-refractivity contribution in [2.45, 2.75) is 35.8 Å². The quantitative estimate of drug-likeness (QED) is 0.393. The van der Waals surface area contributed by atoms with E-state index in [0.717, 1.165) is 0 Å². The monoisotopic (exact) mass is 587 g/mol. The van der Waals surface area contributed by atoms with Gasteiger partial charge in [0.2, 0.25) is 10.0 Å². The first kappa shape index (κ1) is 29.5. The van der Waals surface area contributed by atoms with Crippen molar-refractivity contribution < 1.29 is 31.5 Å². The maximum absolute atomic E-state index is 13.6. The SMILES string of the molecule is C[C@@H]1CN([C@@H](C)CO)C(=O)c2cccc(NS(=O)(=O)c3ccccc3)c2O[C@H]1CN(C)S(=O)(=O)c1ccccc1. The van der Waals surface area contributed by atoms with E-state index in [2.05, 4.69) is 4.72 Å². The van der Waals surface area contributed by atoms with E-state index in [-0.39, 0.29) is 46.5 Å². The largest absolute Gasteiger partial charge is 0.486 e. The molecule has 214 valence electrons. The Morgan fingerprint density at radius 3 is 2.17 bits per heavy atom. The summed E-state index contributed by atoms with van der Waals surface area (Å²) in [4.78, 5) is 15.3. The van der Waals surface area contributed by atoms with Gasteiger partial charge in [-0.2, -0.15) is 4.31 Å². The van der Waals surface area contributed by atoms with Gasteiger partial charge >= 0.3 is 0 Å². The van der Waals surface area contributed by atoms with Crippen LogP contribution in [-0.4, -0.2) is 75.9 Å². The van der Waals surface area contributed by atoms with Gasteiger partial charge in [-0.05, 0) is 43.3 Å².